The van der Waals surface area contributed by atoms with E-state index in [1.54, 1.807) is 6.92 Å². The predicted molar refractivity (Wildman–Crippen MR) is 69.5 cm³/mol. The smallest absolute Gasteiger partial charge is 0.235 e. The van der Waals surface area contributed by atoms with E-state index in [2.05, 4.69) is 0 Å². The van der Waals surface area contributed by atoms with Crippen molar-refractivity contribution in [2.24, 2.45) is 0 Å². The highest BCUT2D eigenvalue weighted by Crippen LogP contribution is 2.19. The zero-order valence-corrected chi connectivity index (χ0v) is 11.2. The normalized spacial score (nSPS) is 11.5. The van der Waals surface area contributed by atoms with Crippen molar-refractivity contribution in [1.29, 1.82) is 0 Å². The average Bonchev–Trinajstić information content (AvgIpc) is 2.32. The number of sulfonamides is 1. The van der Waals surface area contributed by atoms with E-state index in [4.69, 9.17) is 5.11 Å². The molecular weight excluding hydrogens is 257 g/mol. The maximum atomic E-state index is 12.8. The van der Waals surface area contributed by atoms with Crippen LogP contribution >= 0.6 is 0 Å². The summed E-state index contributed by atoms with van der Waals surface area (Å²) < 4.78 is 38.2. The minimum Gasteiger partial charge on any atom is -0.396 e. The van der Waals surface area contributed by atoms with E-state index in [0.717, 1.165) is 0 Å². The second-order valence-electron chi connectivity index (χ2n) is 3.89. The van der Waals surface area contributed by atoms with E-state index >= 15 is 0 Å². The first-order valence-electron chi connectivity index (χ1n) is 5.88. The highest BCUT2D eigenvalue weighted by Gasteiger charge is 2.20. The van der Waals surface area contributed by atoms with Crippen LogP contribution in [0.2, 0.25) is 0 Å². The van der Waals surface area contributed by atoms with Gasteiger partial charge in [0.15, 0.2) is 0 Å². The van der Waals surface area contributed by atoms with E-state index in [1.165, 1.54) is 28.6 Å². The predicted octanol–water partition coefficient (Wildman–Crippen LogP) is 1.75. The van der Waals surface area contributed by atoms with Crippen LogP contribution in [0.3, 0.4) is 0 Å². The standard InChI is InChI=1S/C12H18FNO3S/c1-2-14(12-7-5-11(13)6-8-12)18(16,17)10-4-3-9-15/h5-8,15H,2-4,9-10H2,1H3. The molecule has 0 heterocycles. The lowest BCUT2D eigenvalue weighted by atomic mass is 10.3. The molecule has 0 aliphatic rings. The fourth-order valence-electron chi connectivity index (χ4n) is 1.65. The van der Waals surface area contributed by atoms with Crippen molar-refractivity contribution in [2.45, 2.75) is 19.8 Å². The molecule has 0 saturated heterocycles. The number of hydrogen-bond acceptors (Lipinski definition) is 3. The van der Waals surface area contributed by atoms with Crippen LogP contribution in [-0.2, 0) is 10.0 Å². The van der Waals surface area contributed by atoms with Crippen LogP contribution in [0.5, 0.6) is 0 Å². The first-order valence-corrected chi connectivity index (χ1v) is 7.49. The third-order valence-corrected chi connectivity index (χ3v) is 4.49. The van der Waals surface area contributed by atoms with Gasteiger partial charge in [0.05, 0.1) is 11.4 Å². The third-order valence-electron chi connectivity index (χ3n) is 2.55. The fourth-order valence-corrected chi connectivity index (χ4v) is 3.28. The highest BCUT2D eigenvalue weighted by molar-refractivity contribution is 7.92. The van der Waals surface area contributed by atoms with Gasteiger partial charge >= 0.3 is 0 Å². The van der Waals surface area contributed by atoms with E-state index < -0.39 is 15.8 Å². The minimum atomic E-state index is -3.41. The van der Waals surface area contributed by atoms with Crippen LogP contribution in [0, 0.1) is 5.82 Å². The Bertz CT molecular complexity index is 459. The maximum Gasteiger partial charge on any atom is 0.235 e. The second-order valence-corrected chi connectivity index (χ2v) is 5.90. The lowest BCUT2D eigenvalue weighted by Gasteiger charge is -2.22. The SMILES string of the molecule is CCN(c1ccc(F)cc1)S(=O)(=O)CCCCO. The molecule has 0 bridgehead atoms. The van der Waals surface area contributed by atoms with Gasteiger partial charge in [-0.25, -0.2) is 12.8 Å². The van der Waals surface area contributed by atoms with Crippen molar-refractivity contribution in [3.8, 4) is 0 Å². The number of anilines is 1. The molecule has 18 heavy (non-hydrogen) atoms. The van der Waals surface area contributed by atoms with E-state index in [1.807, 2.05) is 0 Å². The summed E-state index contributed by atoms with van der Waals surface area (Å²) in [6.07, 6.45) is 0.872. The van der Waals surface area contributed by atoms with Crippen LogP contribution in [0.15, 0.2) is 24.3 Å². The molecule has 0 unspecified atom stereocenters. The number of hydrogen-bond donors (Lipinski definition) is 1. The molecular formula is C12H18FNO3S. The number of halogens is 1. The number of unbranched alkanes of at least 4 members (excludes halogenated alkanes) is 1. The summed E-state index contributed by atoms with van der Waals surface area (Å²) >= 11 is 0. The van der Waals surface area contributed by atoms with Crippen molar-refractivity contribution in [2.75, 3.05) is 23.2 Å². The van der Waals surface area contributed by atoms with Crippen LogP contribution < -0.4 is 4.31 Å². The molecule has 4 nitrogen and oxygen atoms in total. The number of aliphatic hydroxyl groups is 1. The van der Waals surface area contributed by atoms with Gasteiger partial charge in [-0.05, 0) is 44.0 Å². The molecule has 0 amide bonds. The van der Waals surface area contributed by atoms with Crippen LogP contribution in [-0.4, -0.2) is 32.4 Å². The Hall–Kier alpha value is -1.14. The van der Waals surface area contributed by atoms with Crippen molar-refractivity contribution in [3.05, 3.63) is 30.1 Å². The van der Waals surface area contributed by atoms with Crippen molar-refractivity contribution in [3.63, 3.8) is 0 Å². The van der Waals surface area contributed by atoms with Crippen LogP contribution in [0.25, 0.3) is 0 Å². The largest absolute Gasteiger partial charge is 0.396 e. The van der Waals surface area contributed by atoms with Gasteiger partial charge < -0.3 is 5.11 Å². The van der Waals surface area contributed by atoms with Crippen LogP contribution in [0.1, 0.15) is 19.8 Å². The Labute approximate surface area is 107 Å². The lowest BCUT2D eigenvalue weighted by Crippen LogP contribution is -2.32. The van der Waals surface area contributed by atoms with Gasteiger partial charge in [0.2, 0.25) is 10.0 Å². The first kappa shape index (κ1) is 14.9. The molecule has 1 aromatic rings. The summed E-state index contributed by atoms with van der Waals surface area (Å²) in [5.74, 6) is -0.411. The van der Waals surface area contributed by atoms with Gasteiger partial charge in [0.1, 0.15) is 5.82 Å². The quantitative estimate of drug-likeness (QED) is 0.771. The van der Waals surface area contributed by atoms with Crippen molar-refractivity contribution >= 4 is 15.7 Å². The lowest BCUT2D eigenvalue weighted by molar-refractivity contribution is 0.287. The molecule has 0 radical (unpaired) electrons. The summed E-state index contributed by atoms with van der Waals surface area (Å²) in [5.41, 5.74) is 0.461. The fraction of sp³-hybridized carbons (Fsp3) is 0.500. The van der Waals surface area contributed by atoms with Gasteiger partial charge in [0.25, 0.3) is 0 Å². The summed E-state index contributed by atoms with van der Waals surface area (Å²) in [6, 6.07) is 5.37. The minimum absolute atomic E-state index is 0.0151. The Kier molecular flexibility index (Phi) is 5.55. The van der Waals surface area contributed by atoms with Gasteiger partial charge in [0, 0.05) is 13.2 Å². The summed E-state index contributed by atoms with van der Waals surface area (Å²) in [6.45, 7) is 2.01. The summed E-state index contributed by atoms with van der Waals surface area (Å²) in [4.78, 5) is 0. The molecule has 1 aromatic carbocycles. The Balaban J connectivity index is 2.85. The molecule has 1 rings (SSSR count). The Morgan fingerprint density at radius 3 is 2.33 bits per heavy atom. The van der Waals surface area contributed by atoms with Crippen molar-refractivity contribution in [1.82, 2.24) is 0 Å². The molecule has 102 valence electrons. The van der Waals surface area contributed by atoms with Gasteiger partial charge in [-0.2, -0.15) is 0 Å². The van der Waals surface area contributed by atoms with Crippen LogP contribution in [0.4, 0.5) is 10.1 Å². The monoisotopic (exact) mass is 275 g/mol. The molecule has 0 saturated carbocycles. The number of aliphatic hydroxyl groups excluding tert-OH is 1. The summed E-state index contributed by atoms with van der Waals surface area (Å²) in [5, 5.41) is 8.66. The number of benzene rings is 1. The molecule has 0 aliphatic carbocycles. The zero-order chi connectivity index (χ0) is 13.6. The molecule has 0 aromatic heterocycles. The number of rotatable bonds is 7. The summed E-state index contributed by atoms with van der Waals surface area (Å²) in [7, 11) is -3.41. The van der Waals surface area contributed by atoms with Gasteiger partial charge in [-0.1, -0.05) is 0 Å². The Morgan fingerprint density at radius 2 is 1.83 bits per heavy atom. The third kappa shape index (κ3) is 3.96. The highest BCUT2D eigenvalue weighted by atomic mass is 32.2. The van der Waals surface area contributed by atoms with E-state index in [0.29, 0.717) is 25.1 Å². The molecule has 0 aliphatic heterocycles. The second kappa shape index (κ2) is 6.70. The molecule has 1 N–H and O–H groups in total. The van der Waals surface area contributed by atoms with Gasteiger partial charge in [-0.3, -0.25) is 4.31 Å². The topological polar surface area (TPSA) is 57.6 Å². The zero-order valence-electron chi connectivity index (χ0n) is 10.3. The van der Waals surface area contributed by atoms with E-state index in [9.17, 15) is 12.8 Å². The first-order chi connectivity index (χ1) is 8.51. The Morgan fingerprint density at radius 1 is 1.22 bits per heavy atom. The van der Waals surface area contributed by atoms with E-state index in [-0.39, 0.29) is 12.4 Å². The molecule has 6 heteroatoms. The maximum absolute atomic E-state index is 12.8. The van der Waals surface area contributed by atoms with Gasteiger partial charge in [-0.15, -0.1) is 0 Å². The molecule has 0 fully saturated rings. The average molecular weight is 275 g/mol. The van der Waals surface area contributed by atoms with Crippen molar-refractivity contribution < 1.29 is 17.9 Å². The number of nitrogens with zero attached hydrogens (tertiary/aromatic N) is 1. The molecule has 0 atom stereocenters. The molecule has 0 spiro atoms.